The molecular weight excluding hydrogens is 543 g/mol. The number of hydrogen-bond donors (Lipinski definition) is 0. The van der Waals surface area contributed by atoms with Crippen molar-refractivity contribution >= 4 is 58.7 Å². The minimum Gasteiger partial charge on any atom is -0.670 e. The second-order valence-corrected chi connectivity index (χ2v) is 7.03. The molecule has 0 fully saturated rings. The van der Waals surface area contributed by atoms with Crippen molar-refractivity contribution in [2.24, 2.45) is 0 Å². The molecule has 0 saturated carbocycles. The third-order valence-corrected chi connectivity index (χ3v) is 3.65. The first kappa shape index (κ1) is 36.4. The minimum atomic E-state index is -1.35. The molecule has 0 spiro atoms. The van der Waals surface area contributed by atoms with E-state index in [0.29, 0.717) is 24.8 Å². The van der Waals surface area contributed by atoms with E-state index in [1.54, 1.807) is 0 Å². The number of benzene rings is 1. The summed E-state index contributed by atoms with van der Waals surface area (Å²) in [4.78, 5) is 51.8. The Bertz CT molecular complexity index is 723. The van der Waals surface area contributed by atoms with Gasteiger partial charge in [-0.25, -0.2) is 0 Å². The molecular formula is C21H28Cl2CuN2O8. The summed E-state index contributed by atoms with van der Waals surface area (Å²) in [6, 6.07) is 6.17. The van der Waals surface area contributed by atoms with Gasteiger partial charge in [-0.05, 0) is 24.1 Å². The van der Waals surface area contributed by atoms with E-state index in [1.165, 1.54) is 27.7 Å². The van der Waals surface area contributed by atoms with Crippen LogP contribution in [0.15, 0.2) is 24.3 Å². The Balaban J connectivity index is -0.000000530. The quantitative estimate of drug-likeness (QED) is 0.197. The van der Waals surface area contributed by atoms with Crippen molar-refractivity contribution in [2.75, 3.05) is 29.7 Å². The summed E-state index contributed by atoms with van der Waals surface area (Å²) >= 11 is 11.5. The molecule has 10 nitrogen and oxygen atoms in total. The fraction of sp³-hybridized carbons (Fsp3) is 0.476. The number of anilines is 1. The summed E-state index contributed by atoms with van der Waals surface area (Å²) < 4.78 is 7.94. The van der Waals surface area contributed by atoms with E-state index in [-0.39, 0.29) is 23.5 Å². The van der Waals surface area contributed by atoms with Crippen LogP contribution in [0.3, 0.4) is 0 Å². The molecule has 13 heteroatoms. The number of ether oxygens (including phenoxy) is 2. The zero-order valence-electron chi connectivity index (χ0n) is 19.2. The van der Waals surface area contributed by atoms with E-state index in [0.717, 1.165) is 11.3 Å². The number of rotatable bonds is 8. The molecule has 1 aromatic rings. The van der Waals surface area contributed by atoms with Gasteiger partial charge in [0, 0.05) is 64.2 Å². The summed E-state index contributed by atoms with van der Waals surface area (Å²) in [5.74, 6) is -2.58. The molecule has 34 heavy (non-hydrogen) atoms. The summed E-state index contributed by atoms with van der Waals surface area (Å²) in [6.45, 7) is 6.13. The SMILES string of the molecule is CC(=O)OC(C)=O.CC(=O)OC(C)=O.[Cu+2].[NH-]C(Cc1ccc(N(CCCl)CCCl)cc1)C(=O)[O-]. The van der Waals surface area contributed by atoms with Crippen LogP contribution in [0, 0.1) is 0 Å². The predicted molar refractivity (Wildman–Crippen MR) is 122 cm³/mol. The van der Waals surface area contributed by atoms with E-state index >= 15 is 0 Å². The number of carbonyl (C=O) groups excluding carboxylic acids is 5. The van der Waals surface area contributed by atoms with Crippen LogP contribution in [0.1, 0.15) is 33.3 Å². The number of carbonyl (C=O) groups is 5. The Labute approximate surface area is 219 Å². The van der Waals surface area contributed by atoms with Gasteiger partial charge in [0.25, 0.3) is 0 Å². The van der Waals surface area contributed by atoms with Gasteiger partial charge in [0.15, 0.2) is 0 Å². The molecule has 1 aromatic carbocycles. The van der Waals surface area contributed by atoms with E-state index in [2.05, 4.69) is 14.4 Å². The standard InChI is InChI=1S/C13H17Cl2N2O2.2C4H6O3.Cu/c14-5-7-17(8-6-15)11-3-1-10(2-4-11)9-12(16)13(18)19;2*1-3(5)7-4(2)6;/h1-4,12,16H,5-9H2,(H,18,19);2*1-2H3;/q-1;;;+2/p-1. The van der Waals surface area contributed by atoms with Crippen LogP contribution in [0.25, 0.3) is 5.73 Å². The smallest absolute Gasteiger partial charge is 0.670 e. The largest absolute Gasteiger partial charge is 2.00 e. The van der Waals surface area contributed by atoms with Crippen LogP contribution in [0.2, 0.25) is 0 Å². The average Bonchev–Trinajstić information content (AvgIpc) is 2.67. The number of alkyl halides is 2. The number of nitrogens with one attached hydrogen (secondary N) is 1. The molecule has 0 heterocycles. The van der Waals surface area contributed by atoms with Gasteiger partial charge in [-0.1, -0.05) is 18.2 Å². The normalized spacial score (nSPS) is 9.97. The number of nitrogens with zero attached hydrogens (tertiary/aromatic N) is 1. The average molecular weight is 571 g/mol. The van der Waals surface area contributed by atoms with E-state index in [4.69, 9.17) is 28.9 Å². The topological polar surface area (TPSA) is 154 Å². The van der Waals surface area contributed by atoms with Crippen molar-refractivity contribution in [2.45, 2.75) is 40.2 Å². The summed E-state index contributed by atoms with van der Waals surface area (Å²) in [5.41, 5.74) is 9.11. The molecule has 0 aliphatic carbocycles. The Morgan fingerprint density at radius 3 is 1.44 bits per heavy atom. The Morgan fingerprint density at radius 2 is 1.21 bits per heavy atom. The van der Waals surface area contributed by atoms with Crippen LogP contribution in [0.5, 0.6) is 0 Å². The van der Waals surface area contributed by atoms with Gasteiger partial charge in [0.2, 0.25) is 0 Å². The van der Waals surface area contributed by atoms with Crippen molar-refractivity contribution in [1.82, 2.24) is 0 Å². The first-order chi connectivity index (χ1) is 15.3. The Hall–Kier alpha value is -2.17. The number of aliphatic carboxylic acids is 1. The van der Waals surface area contributed by atoms with Crippen LogP contribution in [-0.2, 0) is 56.9 Å². The molecule has 0 aliphatic heterocycles. The Morgan fingerprint density at radius 1 is 0.853 bits per heavy atom. The summed E-state index contributed by atoms with van der Waals surface area (Å²) in [5, 5.41) is 10.5. The molecule has 0 aromatic heterocycles. The second-order valence-electron chi connectivity index (χ2n) is 6.28. The second kappa shape index (κ2) is 21.4. The van der Waals surface area contributed by atoms with Gasteiger partial charge in [-0.3, -0.25) is 19.2 Å². The molecule has 0 saturated heterocycles. The first-order valence-electron chi connectivity index (χ1n) is 9.59. The number of halogens is 2. The zero-order valence-corrected chi connectivity index (χ0v) is 21.6. The third-order valence-electron chi connectivity index (χ3n) is 3.31. The summed E-state index contributed by atoms with van der Waals surface area (Å²) in [6.07, 6.45) is 0.146. The molecule has 0 bridgehead atoms. The summed E-state index contributed by atoms with van der Waals surface area (Å²) in [7, 11) is 0. The number of hydrogen-bond acceptors (Lipinski definition) is 9. The monoisotopic (exact) mass is 569 g/mol. The maximum absolute atomic E-state index is 10.5. The molecule has 1 unspecified atom stereocenters. The molecule has 1 rings (SSSR count). The van der Waals surface area contributed by atoms with Gasteiger partial charge in [-0.2, -0.15) is 0 Å². The molecule has 0 amide bonds. The maximum Gasteiger partial charge on any atom is 2.00 e. The van der Waals surface area contributed by atoms with Crippen molar-refractivity contribution in [3.63, 3.8) is 0 Å². The number of carboxylic acids is 1. The molecule has 0 aliphatic rings. The van der Waals surface area contributed by atoms with Crippen molar-refractivity contribution in [3.8, 4) is 0 Å². The molecule has 1 radical (unpaired) electrons. The van der Waals surface area contributed by atoms with Crippen LogP contribution in [-0.4, -0.2) is 60.7 Å². The fourth-order valence-corrected chi connectivity index (χ4v) is 2.55. The zero-order chi connectivity index (χ0) is 26.0. The van der Waals surface area contributed by atoms with Gasteiger partial charge in [-0.15, -0.1) is 23.2 Å². The third kappa shape index (κ3) is 21.7. The van der Waals surface area contributed by atoms with Gasteiger partial charge >= 0.3 is 40.9 Å². The minimum absolute atomic E-state index is 0. The van der Waals surface area contributed by atoms with Crippen molar-refractivity contribution in [3.05, 3.63) is 35.6 Å². The van der Waals surface area contributed by atoms with E-state index in [9.17, 15) is 29.1 Å². The van der Waals surface area contributed by atoms with Crippen molar-refractivity contribution < 1.29 is 55.6 Å². The first-order valence-corrected chi connectivity index (χ1v) is 10.7. The Kier molecular flexibility index (Phi) is 22.9. The number of esters is 4. The van der Waals surface area contributed by atoms with Gasteiger partial charge in [0.05, 0.1) is 0 Å². The van der Waals surface area contributed by atoms with E-state index < -0.39 is 35.9 Å². The predicted octanol–water partition coefficient (Wildman–Crippen LogP) is 1.87. The molecule has 195 valence electrons. The van der Waals surface area contributed by atoms with E-state index in [1.807, 2.05) is 24.3 Å². The number of carboxylic acid groups (broad SMARTS) is 1. The van der Waals surface area contributed by atoms with Gasteiger partial charge < -0.3 is 30.0 Å². The maximum atomic E-state index is 10.5. The molecule has 1 N–H and O–H groups in total. The van der Waals surface area contributed by atoms with Gasteiger partial charge in [0.1, 0.15) is 0 Å². The molecule has 1 atom stereocenters. The fourth-order valence-electron chi connectivity index (χ4n) is 2.14. The van der Waals surface area contributed by atoms with Crippen molar-refractivity contribution in [1.29, 1.82) is 0 Å². The van der Waals surface area contributed by atoms with Crippen LogP contribution < -0.4 is 10.0 Å². The van der Waals surface area contributed by atoms with Crippen LogP contribution in [0.4, 0.5) is 5.69 Å². The van der Waals surface area contributed by atoms with Crippen LogP contribution >= 0.6 is 23.2 Å².